The molecule has 1 atom stereocenters. The molecule has 2 aromatic carbocycles. The fraction of sp³-hybridized carbons (Fsp3) is 0.292. The molecule has 1 aliphatic heterocycles. The summed E-state index contributed by atoms with van der Waals surface area (Å²) in [6, 6.07) is 10.7. The highest BCUT2D eigenvalue weighted by molar-refractivity contribution is 5.97. The molecule has 1 saturated heterocycles. The fourth-order valence-electron chi connectivity index (χ4n) is 4.00. The fourth-order valence-corrected chi connectivity index (χ4v) is 4.00. The number of aromatic carboxylic acids is 1. The van der Waals surface area contributed by atoms with E-state index in [1.165, 1.54) is 19.2 Å². The third kappa shape index (κ3) is 4.72. The zero-order chi connectivity index (χ0) is 24.2. The summed E-state index contributed by atoms with van der Waals surface area (Å²) in [6.07, 6.45) is 1.68. The van der Waals surface area contributed by atoms with Gasteiger partial charge in [0.1, 0.15) is 23.1 Å². The van der Waals surface area contributed by atoms with Crippen LogP contribution in [0.5, 0.6) is 5.75 Å². The highest BCUT2D eigenvalue weighted by Crippen LogP contribution is 2.30. The minimum Gasteiger partial charge on any atom is -0.496 e. The van der Waals surface area contributed by atoms with Crippen molar-refractivity contribution in [3.63, 3.8) is 0 Å². The molecule has 2 heterocycles. The van der Waals surface area contributed by atoms with Crippen molar-refractivity contribution in [3.05, 3.63) is 70.9 Å². The van der Waals surface area contributed by atoms with Crippen molar-refractivity contribution in [1.82, 2.24) is 15.0 Å². The van der Waals surface area contributed by atoms with Gasteiger partial charge in [-0.3, -0.25) is 4.79 Å². The second kappa shape index (κ2) is 9.92. The van der Waals surface area contributed by atoms with E-state index in [0.717, 1.165) is 29.1 Å². The highest BCUT2D eigenvalue weighted by Gasteiger charge is 2.28. The minimum atomic E-state index is -1.17. The lowest BCUT2D eigenvalue weighted by Gasteiger charge is -2.21. The summed E-state index contributed by atoms with van der Waals surface area (Å²) < 4.78 is 25.3. The van der Waals surface area contributed by atoms with E-state index in [9.17, 15) is 19.1 Å². The molecule has 3 aromatic rings. The van der Waals surface area contributed by atoms with E-state index in [0.29, 0.717) is 24.6 Å². The Morgan fingerprint density at radius 1 is 1.29 bits per heavy atom. The van der Waals surface area contributed by atoms with Crippen LogP contribution in [-0.2, 0) is 11.3 Å². The molecule has 1 amide bonds. The average molecular weight is 468 g/mol. The summed E-state index contributed by atoms with van der Waals surface area (Å²) in [5.41, 5.74) is 1.62. The van der Waals surface area contributed by atoms with Gasteiger partial charge in [0.15, 0.2) is 5.69 Å². The molecule has 1 fully saturated rings. The first-order valence-corrected chi connectivity index (χ1v) is 10.8. The number of amides is 1. The van der Waals surface area contributed by atoms with Gasteiger partial charge >= 0.3 is 5.97 Å². The van der Waals surface area contributed by atoms with Gasteiger partial charge in [0.05, 0.1) is 19.3 Å². The number of nitrogens with one attached hydrogen (secondary N) is 1. The lowest BCUT2D eigenvalue weighted by Crippen LogP contribution is -2.25. The van der Waals surface area contributed by atoms with Gasteiger partial charge < -0.3 is 25.7 Å². The molecule has 0 bridgehead atoms. The van der Waals surface area contributed by atoms with E-state index in [1.807, 2.05) is 0 Å². The third-order valence-electron chi connectivity index (χ3n) is 5.75. The maximum atomic E-state index is 13.6. The maximum absolute atomic E-state index is 13.6. The van der Waals surface area contributed by atoms with Crippen molar-refractivity contribution >= 4 is 11.9 Å². The van der Waals surface area contributed by atoms with Gasteiger partial charge in [-0.25, -0.2) is 18.8 Å². The van der Waals surface area contributed by atoms with Gasteiger partial charge in [-0.15, -0.1) is 0 Å². The van der Waals surface area contributed by atoms with Crippen LogP contribution >= 0.6 is 0 Å². The van der Waals surface area contributed by atoms with Crippen molar-refractivity contribution in [1.29, 1.82) is 0 Å². The SMILES string of the molecule is COc1ccc(F)cc1C(=O)NCc1ccc(-c2nc(C3CCCOC3)n(N)c2C(=O)O)cc1. The number of rotatable bonds is 7. The number of nitrogens with two attached hydrogens (primary N) is 1. The lowest BCUT2D eigenvalue weighted by atomic mass is 10.0. The Morgan fingerprint density at radius 3 is 2.71 bits per heavy atom. The van der Waals surface area contributed by atoms with Gasteiger partial charge in [-0.05, 0) is 36.6 Å². The predicted molar refractivity (Wildman–Crippen MR) is 122 cm³/mol. The number of benzene rings is 2. The summed E-state index contributed by atoms with van der Waals surface area (Å²) in [5.74, 6) is 4.60. The van der Waals surface area contributed by atoms with Gasteiger partial charge in [0.2, 0.25) is 0 Å². The first kappa shape index (κ1) is 23.2. The van der Waals surface area contributed by atoms with Crippen molar-refractivity contribution < 1.29 is 28.6 Å². The quantitative estimate of drug-likeness (QED) is 0.455. The predicted octanol–water partition coefficient (Wildman–Crippen LogP) is 2.93. The number of methoxy groups -OCH3 is 1. The molecule has 10 heteroatoms. The standard InChI is InChI=1S/C24H25FN4O5/c1-33-19-9-8-17(25)11-18(19)23(30)27-12-14-4-6-15(7-5-14)20-21(24(31)32)29(26)22(28-20)16-3-2-10-34-13-16/h4-9,11,16H,2-3,10,12-13,26H2,1H3,(H,27,30)(H,31,32). The van der Waals surface area contributed by atoms with E-state index in [4.69, 9.17) is 15.3 Å². The molecule has 4 rings (SSSR count). The van der Waals surface area contributed by atoms with Gasteiger partial charge in [-0.1, -0.05) is 24.3 Å². The van der Waals surface area contributed by atoms with Crippen molar-refractivity contribution in [2.75, 3.05) is 26.2 Å². The highest BCUT2D eigenvalue weighted by atomic mass is 19.1. The van der Waals surface area contributed by atoms with Crippen LogP contribution < -0.4 is 15.9 Å². The average Bonchev–Trinajstić information content (AvgIpc) is 3.20. The number of carboxylic acid groups (broad SMARTS) is 1. The van der Waals surface area contributed by atoms with Crippen LogP contribution in [0.2, 0.25) is 0 Å². The maximum Gasteiger partial charge on any atom is 0.356 e. The number of halogens is 1. The van der Waals surface area contributed by atoms with Crippen LogP contribution in [0.4, 0.5) is 4.39 Å². The zero-order valence-electron chi connectivity index (χ0n) is 18.6. The summed E-state index contributed by atoms with van der Waals surface area (Å²) in [7, 11) is 1.41. The largest absolute Gasteiger partial charge is 0.496 e. The Hall–Kier alpha value is -3.92. The second-order valence-corrected chi connectivity index (χ2v) is 7.98. The molecule has 34 heavy (non-hydrogen) atoms. The summed E-state index contributed by atoms with van der Waals surface area (Å²) in [5, 5.41) is 12.5. The monoisotopic (exact) mass is 468 g/mol. The molecule has 4 N–H and O–H groups in total. The Kier molecular flexibility index (Phi) is 6.78. The molecular weight excluding hydrogens is 443 g/mol. The van der Waals surface area contributed by atoms with Crippen LogP contribution in [0.15, 0.2) is 42.5 Å². The molecule has 0 saturated carbocycles. The number of hydrogen-bond donors (Lipinski definition) is 3. The first-order valence-electron chi connectivity index (χ1n) is 10.8. The number of carbonyl (C=O) groups is 2. The molecule has 0 radical (unpaired) electrons. The van der Waals surface area contributed by atoms with Crippen LogP contribution in [0.3, 0.4) is 0 Å². The van der Waals surface area contributed by atoms with E-state index >= 15 is 0 Å². The molecule has 1 aliphatic rings. The number of nitrogen functional groups attached to an aromatic ring is 1. The number of nitrogens with zero attached hydrogens (tertiary/aromatic N) is 2. The molecule has 0 spiro atoms. The normalized spacial score (nSPS) is 15.6. The van der Waals surface area contributed by atoms with E-state index in [-0.39, 0.29) is 35.2 Å². The number of imidazole rings is 1. The van der Waals surface area contributed by atoms with Crippen molar-refractivity contribution in [3.8, 4) is 17.0 Å². The van der Waals surface area contributed by atoms with Gasteiger partial charge in [-0.2, -0.15) is 0 Å². The van der Waals surface area contributed by atoms with Gasteiger partial charge in [0.25, 0.3) is 5.91 Å². The molecule has 9 nitrogen and oxygen atoms in total. The lowest BCUT2D eigenvalue weighted by molar-refractivity contribution is 0.0681. The Bertz CT molecular complexity index is 1200. The van der Waals surface area contributed by atoms with E-state index in [1.54, 1.807) is 24.3 Å². The van der Waals surface area contributed by atoms with Gasteiger partial charge in [0, 0.05) is 24.6 Å². The number of carboxylic acids is 1. The third-order valence-corrected chi connectivity index (χ3v) is 5.75. The Labute approximate surface area is 195 Å². The van der Waals surface area contributed by atoms with E-state index < -0.39 is 17.7 Å². The summed E-state index contributed by atoms with van der Waals surface area (Å²) in [6.45, 7) is 1.30. The molecule has 1 unspecified atom stereocenters. The number of ether oxygens (including phenoxy) is 2. The number of hydrogen-bond acceptors (Lipinski definition) is 6. The first-order chi connectivity index (χ1) is 16.4. The topological polar surface area (TPSA) is 129 Å². The van der Waals surface area contributed by atoms with Crippen LogP contribution in [0, 0.1) is 5.82 Å². The van der Waals surface area contributed by atoms with Crippen molar-refractivity contribution in [2.45, 2.75) is 25.3 Å². The smallest absolute Gasteiger partial charge is 0.356 e. The number of aromatic nitrogens is 2. The van der Waals surface area contributed by atoms with Crippen molar-refractivity contribution in [2.24, 2.45) is 0 Å². The van der Waals surface area contributed by atoms with Crippen LogP contribution in [-0.4, -0.2) is 47.0 Å². The summed E-state index contributed by atoms with van der Waals surface area (Å²) in [4.78, 5) is 29.0. The molecule has 1 aromatic heterocycles. The zero-order valence-corrected chi connectivity index (χ0v) is 18.6. The minimum absolute atomic E-state index is 0.0695. The van der Waals surface area contributed by atoms with Crippen LogP contribution in [0.25, 0.3) is 11.3 Å². The molecule has 178 valence electrons. The number of carbonyl (C=O) groups excluding carboxylic acids is 1. The Morgan fingerprint density at radius 2 is 2.06 bits per heavy atom. The second-order valence-electron chi connectivity index (χ2n) is 7.98. The summed E-state index contributed by atoms with van der Waals surface area (Å²) >= 11 is 0. The molecular formula is C24H25FN4O5. The molecule has 0 aliphatic carbocycles. The van der Waals surface area contributed by atoms with Crippen LogP contribution in [0.1, 0.15) is 51.0 Å². The Balaban J connectivity index is 1.52. The van der Waals surface area contributed by atoms with E-state index in [2.05, 4.69) is 10.3 Å².